The lowest BCUT2D eigenvalue weighted by molar-refractivity contribution is 0.133. The van der Waals surface area contributed by atoms with Gasteiger partial charge in [0.15, 0.2) is 0 Å². The van der Waals surface area contributed by atoms with Crippen molar-refractivity contribution in [3.05, 3.63) is 0 Å². The number of rotatable bonds is 6. The summed E-state index contributed by atoms with van der Waals surface area (Å²) in [5.41, 5.74) is 0. The molecule has 0 aromatic heterocycles. The minimum atomic E-state index is -0.134. The van der Waals surface area contributed by atoms with Crippen molar-refractivity contribution < 1.29 is 15.3 Å². The van der Waals surface area contributed by atoms with Gasteiger partial charge in [0.25, 0.3) is 0 Å². The second-order valence-corrected chi connectivity index (χ2v) is 8.50. The predicted molar refractivity (Wildman–Crippen MR) is 141 cm³/mol. The van der Waals surface area contributed by atoms with Gasteiger partial charge in [-0.2, -0.15) is 0 Å². The van der Waals surface area contributed by atoms with Crippen LogP contribution in [0, 0.1) is 17.8 Å². The fraction of sp³-hybridized carbons (Fsp3) is 1.00. The van der Waals surface area contributed by atoms with Gasteiger partial charge >= 0.3 is 0 Å². The zero-order chi connectivity index (χ0) is 25.7. The van der Waals surface area contributed by atoms with Gasteiger partial charge < -0.3 is 15.3 Å². The van der Waals surface area contributed by atoms with Crippen molar-refractivity contribution in [2.45, 2.75) is 161 Å². The van der Waals surface area contributed by atoms with Gasteiger partial charge in [0.1, 0.15) is 0 Å². The molecule has 0 amide bonds. The summed E-state index contributed by atoms with van der Waals surface area (Å²) in [5, 5.41) is 26.5. The fourth-order valence-electron chi connectivity index (χ4n) is 1.02. The Bertz CT molecular complexity index is 190. The van der Waals surface area contributed by atoms with Crippen LogP contribution in [-0.2, 0) is 0 Å². The largest absolute Gasteiger partial charge is 0.393 e. The summed E-state index contributed by atoms with van der Waals surface area (Å²) >= 11 is 0. The molecule has 0 aliphatic heterocycles. The van der Waals surface area contributed by atoms with E-state index in [0.29, 0.717) is 17.8 Å². The molecule has 0 aromatic carbocycles. The van der Waals surface area contributed by atoms with Crippen molar-refractivity contribution in [3.8, 4) is 0 Å². The first-order valence-corrected chi connectivity index (χ1v) is 12.8. The Balaban J connectivity index is -0.0000000603. The van der Waals surface area contributed by atoms with Crippen molar-refractivity contribution in [3.63, 3.8) is 0 Å². The van der Waals surface area contributed by atoms with Gasteiger partial charge in [-0.05, 0) is 38.5 Å². The number of aliphatic hydroxyl groups is 3. The van der Waals surface area contributed by atoms with Crippen molar-refractivity contribution in [2.24, 2.45) is 17.8 Å². The minimum Gasteiger partial charge on any atom is -0.393 e. The summed E-state index contributed by atoms with van der Waals surface area (Å²) in [5.74, 6) is 1.37. The molecular weight excluding hydrogens is 372 g/mol. The molecule has 3 N–H and O–H groups in total. The lowest BCUT2D eigenvalue weighted by atomic mass is 10.0. The summed E-state index contributed by atoms with van der Waals surface area (Å²) in [6, 6.07) is 0. The van der Waals surface area contributed by atoms with E-state index in [2.05, 4.69) is 62.3 Å². The molecule has 3 heteroatoms. The van der Waals surface area contributed by atoms with Gasteiger partial charge in [0.2, 0.25) is 0 Å². The van der Waals surface area contributed by atoms with Gasteiger partial charge in [-0.1, -0.05) is 122 Å². The molecule has 6 unspecified atom stereocenters. The molecule has 0 bridgehead atoms. The molecular formula is C27H66O3. The van der Waals surface area contributed by atoms with E-state index in [1.807, 2.05) is 41.5 Å². The summed E-state index contributed by atoms with van der Waals surface area (Å²) in [6.45, 7) is 30.6. The molecule has 0 heterocycles. The molecule has 0 aliphatic carbocycles. The first-order valence-electron chi connectivity index (χ1n) is 12.8. The molecule has 30 heavy (non-hydrogen) atoms. The maximum Gasteiger partial charge on any atom is 0.0537 e. The second-order valence-electron chi connectivity index (χ2n) is 8.50. The molecule has 0 aliphatic rings. The van der Waals surface area contributed by atoms with Crippen LogP contribution in [0.25, 0.3) is 0 Å². The Hall–Kier alpha value is -0.120. The van der Waals surface area contributed by atoms with Crippen molar-refractivity contribution in [1.82, 2.24) is 0 Å². The van der Waals surface area contributed by atoms with Crippen LogP contribution in [0.2, 0.25) is 0 Å². The minimum absolute atomic E-state index is 0.134. The highest BCUT2D eigenvalue weighted by molar-refractivity contribution is 4.55. The molecule has 6 atom stereocenters. The Kier molecular flexibility index (Phi) is 57.3. The van der Waals surface area contributed by atoms with E-state index in [1.54, 1.807) is 0 Å². The Morgan fingerprint density at radius 3 is 0.467 bits per heavy atom. The van der Waals surface area contributed by atoms with E-state index in [4.69, 9.17) is 15.3 Å². The Labute approximate surface area is 194 Å². The maximum absolute atomic E-state index is 8.82. The van der Waals surface area contributed by atoms with E-state index >= 15 is 0 Å². The van der Waals surface area contributed by atoms with Crippen LogP contribution in [0.4, 0.5) is 0 Å². The molecule has 0 spiro atoms. The third-order valence-corrected chi connectivity index (χ3v) is 4.40. The Morgan fingerprint density at radius 1 is 0.367 bits per heavy atom. The highest BCUT2D eigenvalue weighted by Crippen LogP contribution is 2.05. The number of aliphatic hydroxyl groups excluding tert-OH is 3. The maximum atomic E-state index is 8.82. The van der Waals surface area contributed by atoms with Crippen molar-refractivity contribution >= 4 is 0 Å². The first-order chi connectivity index (χ1) is 13.8. The average molecular weight is 439 g/mol. The summed E-state index contributed by atoms with van der Waals surface area (Å²) in [4.78, 5) is 0. The van der Waals surface area contributed by atoms with Crippen LogP contribution in [0.3, 0.4) is 0 Å². The highest BCUT2D eigenvalue weighted by Gasteiger charge is 2.04. The summed E-state index contributed by atoms with van der Waals surface area (Å²) in [7, 11) is 0. The van der Waals surface area contributed by atoms with Crippen molar-refractivity contribution in [2.75, 3.05) is 0 Å². The lowest BCUT2D eigenvalue weighted by Crippen LogP contribution is -2.10. The SMILES string of the molecule is CCC.CCC.CCC.CCC(C)C(C)O.CCC(C)C(C)O.CCC(C)C(C)O. The van der Waals surface area contributed by atoms with E-state index in [9.17, 15) is 0 Å². The average Bonchev–Trinajstić information content (AvgIpc) is 2.68. The van der Waals surface area contributed by atoms with Crippen molar-refractivity contribution in [1.29, 1.82) is 0 Å². The first kappa shape index (κ1) is 43.7. The third kappa shape index (κ3) is 63.0. The van der Waals surface area contributed by atoms with Gasteiger partial charge in [-0.3, -0.25) is 0 Å². The molecule has 0 rings (SSSR count). The smallest absolute Gasteiger partial charge is 0.0537 e. The second kappa shape index (κ2) is 39.4. The lowest BCUT2D eigenvalue weighted by Gasteiger charge is -2.09. The van der Waals surface area contributed by atoms with Crippen LogP contribution < -0.4 is 0 Å². The molecule has 0 saturated carbocycles. The molecule has 192 valence electrons. The van der Waals surface area contributed by atoms with Gasteiger partial charge in [0.05, 0.1) is 18.3 Å². The topological polar surface area (TPSA) is 60.7 Å². The molecule has 3 nitrogen and oxygen atoms in total. The third-order valence-electron chi connectivity index (χ3n) is 4.40. The fourth-order valence-corrected chi connectivity index (χ4v) is 1.02. The van der Waals surface area contributed by atoms with Gasteiger partial charge in [0, 0.05) is 0 Å². The van der Waals surface area contributed by atoms with Gasteiger partial charge in [-0.25, -0.2) is 0 Å². The summed E-state index contributed by atoms with van der Waals surface area (Å²) < 4.78 is 0. The monoisotopic (exact) mass is 439 g/mol. The van der Waals surface area contributed by atoms with Crippen LogP contribution in [-0.4, -0.2) is 33.6 Å². The highest BCUT2D eigenvalue weighted by atomic mass is 16.3. The van der Waals surface area contributed by atoms with Crippen LogP contribution in [0.5, 0.6) is 0 Å². The normalized spacial score (nSPS) is 15.0. The quantitative estimate of drug-likeness (QED) is 0.389. The molecule has 0 aromatic rings. The zero-order valence-corrected chi connectivity index (χ0v) is 24.0. The molecule has 0 fully saturated rings. The standard InChI is InChI=1S/3C6H14O.3C3H8/c3*1-4-5(2)6(3)7;3*1-3-2/h3*5-7H,4H2,1-3H3;3*3H2,1-2H3. The summed E-state index contributed by atoms with van der Waals surface area (Å²) in [6.07, 6.45) is 6.55. The predicted octanol–water partition coefficient (Wildman–Crippen LogP) is 8.49. The Morgan fingerprint density at radius 2 is 0.467 bits per heavy atom. The van der Waals surface area contributed by atoms with Gasteiger partial charge in [-0.15, -0.1) is 0 Å². The molecule has 0 radical (unpaired) electrons. The molecule has 0 saturated heterocycles. The van der Waals surface area contributed by atoms with Crippen LogP contribution in [0.15, 0.2) is 0 Å². The number of hydrogen-bond donors (Lipinski definition) is 3. The zero-order valence-electron chi connectivity index (χ0n) is 24.0. The van der Waals surface area contributed by atoms with E-state index in [-0.39, 0.29) is 18.3 Å². The van der Waals surface area contributed by atoms with E-state index in [1.165, 1.54) is 19.3 Å². The number of hydrogen-bond acceptors (Lipinski definition) is 3. The van der Waals surface area contributed by atoms with E-state index < -0.39 is 0 Å². The van der Waals surface area contributed by atoms with E-state index in [0.717, 1.165) is 19.3 Å². The van der Waals surface area contributed by atoms with Crippen LogP contribution in [0.1, 0.15) is 142 Å². The van der Waals surface area contributed by atoms with Crippen LogP contribution >= 0.6 is 0 Å².